The lowest BCUT2D eigenvalue weighted by molar-refractivity contribution is -0.127. The van der Waals surface area contributed by atoms with Gasteiger partial charge in [-0.2, -0.15) is 0 Å². The molecule has 0 radical (unpaired) electrons. The van der Waals surface area contributed by atoms with Crippen LogP contribution in [0.1, 0.15) is 44.9 Å². The van der Waals surface area contributed by atoms with Gasteiger partial charge in [0.15, 0.2) is 0 Å². The van der Waals surface area contributed by atoms with Gasteiger partial charge in [-0.3, -0.25) is 9.69 Å². The minimum absolute atomic E-state index is 0.110. The fourth-order valence-electron chi connectivity index (χ4n) is 5.20. The lowest BCUT2D eigenvalue weighted by Crippen LogP contribution is -2.63. The standard InChI is InChI=1S/C20H33N3O4/c1-26-20(25)23-17-9-16(10-18(23)13-27-12-17)22-7-5-15(6-8-22)19(24)21-11-14-3-2-4-14/h14-18H,2-13H2,1H3,(H,21,24). The van der Waals surface area contributed by atoms with E-state index in [1.54, 1.807) is 0 Å². The van der Waals surface area contributed by atoms with Gasteiger partial charge in [0.2, 0.25) is 5.91 Å². The molecule has 2 unspecified atom stereocenters. The maximum absolute atomic E-state index is 12.4. The Morgan fingerprint density at radius 2 is 1.70 bits per heavy atom. The van der Waals surface area contributed by atoms with Crippen molar-refractivity contribution in [3.05, 3.63) is 0 Å². The second-order valence-corrected chi connectivity index (χ2v) is 8.70. The molecule has 27 heavy (non-hydrogen) atoms. The number of hydrogen-bond donors (Lipinski definition) is 1. The summed E-state index contributed by atoms with van der Waals surface area (Å²) < 4.78 is 10.7. The molecular weight excluding hydrogens is 346 g/mol. The Kier molecular flexibility index (Phi) is 5.88. The third-order valence-electron chi connectivity index (χ3n) is 7.09. The Hall–Kier alpha value is -1.34. The van der Waals surface area contributed by atoms with Crippen LogP contribution in [0.25, 0.3) is 0 Å². The van der Waals surface area contributed by atoms with Crippen molar-refractivity contribution >= 4 is 12.0 Å². The topological polar surface area (TPSA) is 71.1 Å². The number of fused-ring (bicyclic) bond motifs is 2. The molecule has 4 fully saturated rings. The summed E-state index contributed by atoms with van der Waals surface area (Å²) in [7, 11) is 1.45. The first-order chi connectivity index (χ1) is 13.2. The van der Waals surface area contributed by atoms with Crippen molar-refractivity contribution in [1.82, 2.24) is 15.1 Å². The van der Waals surface area contributed by atoms with E-state index in [1.165, 1.54) is 26.4 Å². The first kappa shape index (κ1) is 19.0. The van der Waals surface area contributed by atoms with Gasteiger partial charge in [0.1, 0.15) is 0 Å². The lowest BCUT2D eigenvalue weighted by Gasteiger charge is -2.50. The molecule has 1 saturated carbocycles. The monoisotopic (exact) mass is 379 g/mol. The summed E-state index contributed by atoms with van der Waals surface area (Å²) in [5, 5.41) is 3.17. The molecule has 0 aromatic carbocycles. The summed E-state index contributed by atoms with van der Waals surface area (Å²) in [5.74, 6) is 1.14. The molecule has 3 heterocycles. The number of rotatable bonds is 4. The molecule has 2 bridgehead atoms. The normalized spacial score (nSPS) is 32.6. The Balaban J connectivity index is 1.26. The minimum Gasteiger partial charge on any atom is -0.453 e. The molecule has 7 heteroatoms. The maximum Gasteiger partial charge on any atom is 0.410 e. The van der Waals surface area contributed by atoms with Gasteiger partial charge in [0.05, 0.1) is 32.4 Å². The van der Waals surface area contributed by atoms with Crippen LogP contribution in [0.15, 0.2) is 0 Å². The lowest BCUT2D eigenvalue weighted by atomic mass is 9.85. The number of hydrogen-bond acceptors (Lipinski definition) is 5. The maximum atomic E-state index is 12.4. The summed E-state index contributed by atoms with van der Waals surface area (Å²) in [5.41, 5.74) is 0. The van der Waals surface area contributed by atoms with Crippen molar-refractivity contribution in [2.45, 2.75) is 63.1 Å². The highest BCUT2D eigenvalue weighted by Crippen LogP contribution is 2.33. The number of piperidine rings is 2. The summed E-state index contributed by atoms with van der Waals surface area (Å²) in [6, 6.07) is 0.695. The third kappa shape index (κ3) is 4.09. The zero-order valence-electron chi connectivity index (χ0n) is 16.4. The smallest absolute Gasteiger partial charge is 0.410 e. The number of nitrogens with one attached hydrogen (secondary N) is 1. The highest BCUT2D eigenvalue weighted by atomic mass is 16.5. The van der Waals surface area contributed by atoms with Crippen LogP contribution in [0.4, 0.5) is 4.79 Å². The molecule has 4 rings (SSSR count). The van der Waals surface area contributed by atoms with E-state index in [0.29, 0.717) is 19.3 Å². The van der Waals surface area contributed by atoms with E-state index in [4.69, 9.17) is 9.47 Å². The molecule has 4 aliphatic rings. The fourth-order valence-corrected chi connectivity index (χ4v) is 5.20. The highest BCUT2D eigenvalue weighted by molar-refractivity contribution is 5.78. The van der Waals surface area contributed by atoms with Crippen LogP contribution in [-0.2, 0) is 14.3 Å². The minimum atomic E-state index is -0.228. The van der Waals surface area contributed by atoms with E-state index in [1.807, 2.05) is 4.90 Å². The van der Waals surface area contributed by atoms with Crippen molar-refractivity contribution in [3.8, 4) is 0 Å². The number of amides is 2. The number of carbonyl (C=O) groups is 2. The van der Waals surface area contributed by atoms with E-state index in [9.17, 15) is 9.59 Å². The van der Waals surface area contributed by atoms with Gasteiger partial charge in [0, 0.05) is 18.5 Å². The predicted octanol–water partition coefficient (Wildman–Crippen LogP) is 1.61. The van der Waals surface area contributed by atoms with Gasteiger partial charge in [0.25, 0.3) is 0 Å². The number of methoxy groups -OCH3 is 1. The van der Waals surface area contributed by atoms with Crippen molar-refractivity contribution in [1.29, 1.82) is 0 Å². The molecule has 0 aromatic rings. The largest absolute Gasteiger partial charge is 0.453 e. The average molecular weight is 380 g/mol. The number of likely N-dealkylation sites (tertiary alicyclic amines) is 1. The van der Waals surface area contributed by atoms with Gasteiger partial charge >= 0.3 is 6.09 Å². The predicted molar refractivity (Wildman–Crippen MR) is 100 cm³/mol. The summed E-state index contributed by atoms with van der Waals surface area (Å²) in [4.78, 5) is 29.0. The van der Waals surface area contributed by atoms with E-state index >= 15 is 0 Å². The first-order valence-corrected chi connectivity index (χ1v) is 10.6. The SMILES string of the molecule is COC(=O)N1C2COCC1CC(N1CCC(C(=O)NCC3CCC3)CC1)C2. The molecule has 2 atom stereocenters. The molecule has 2 amide bonds. The Morgan fingerprint density at radius 1 is 1.04 bits per heavy atom. The number of ether oxygens (including phenoxy) is 2. The van der Waals surface area contributed by atoms with Crippen LogP contribution in [0.3, 0.4) is 0 Å². The van der Waals surface area contributed by atoms with Crippen molar-refractivity contribution in [2.75, 3.05) is 40.0 Å². The van der Waals surface area contributed by atoms with Crippen LogP contribution in [0.2, 0.25) is 0 Å². The van der Waals surface area contributed by atoms with Gasteiger partial charge in [-0.05, 0) is 57.5 Å². The van der Waals surface area contributed by atoms with Crippen molar-refractivity contribution in [2.24, 2.45) is 11.8 Å². The fraction of sp³-hybridized carbons (Fsp3) is 0.900. The zero-order valence-corrected chi connectivity index (χ0v) is 16.4. The number of carbonyl (C=O) groups excluding carboxylic acids is 2. The van der Waals surface area contributed by atoms with Crippen LogP contribution in [0.5, 0.6) is 0 Å². The first-order valence-electron chi connectivity index (χ1n) is 10.6. The molecular formula is C20H33N3O4. The van der Waals surface area contributed by atoms with Gasteiger partial charge in [-0.25, -0.2) is 4.79 Å². The molecule has 1 aliphatic carbocycles. The zero-order chi connectivity index (χ0) is 18.8. The second kappa shape index (κ2) is 8.35. The average Bonchev–Trinajstić information content (AvgIpc) is 2.65. The molecule has 3 aliphatic heterocycles. The van der Waals surface area contributed by atoms with E-state index < -0.39 is 0 Å². The van der Waals surface area contributed by atoms with Crippen LogP contribution in [0, 0.1) is 11.8 Å². The van der Waals surface area contributed by atoms with Gasteiger partial charge in [-0.15, -0.1) is 0 Å². The number of nitrogens with zero attached hydrogens (tertiary/aromatic N) is 2. The van der Waals surface area contributed by atoms with Crippen LogP contribution in [-0.4, -0.2) is 79.9 Å². The molecule has 152 valence electrons. The Bertz CT molecular complexity index is 531. The highest BCUT2D eigenvalue weighted by Gasteiger charge is 2.44. The second-order valence-electron chi connectivity index (χ2n) is 8.70. The molecule has 7 nitrogen and oxygen atoms in total. The number of morpholine rings is 1. The van der Waals surface area contributed by atoms with Gasteiger partial charge in [-0.1, -0.05) is 6.42 Å². The van der Waals surface area contributed by atoms with Crippen molar-refractivity contribution in [3.63, 3.8) is 0 Å². The molecule has 1 N–H and O–H groups in total. The summed E-state index contributed by atoms with van der Waals surface area (Å²) >= 11 is 0. The Labute approximate surface area is 161 Å². The molecule has 0 aromatic heterocycles. The van der Waals surface area contributed by atoms with E-state index in [0.717, 1.165) is 51.2 Å². The molecule has 0 spiro atoms. The van der Waals surface area contributed by atoms with E-state index in [-0.39, 0.29) is 30.0 Å². The summed E-state index contributed by atoms with van der Waals surface area (Å²) in [6.45, 7) is 4.02. The van der Waals surface area contributed by atoms with Crippen LogP contribution < -0.4 is 5.32 Å². The van der Waals surface area contributed by atoms with Crippen molar-refractivity contribution < 1.29 is 19.1 Å². The quantitative estimate of drug-likeness (QED) is 0.804. The Morgan fingerprint density at radius 3 is 2.26 bits per heavy atom. The summed E-state index contributed by atoms with van der Waals surface area (Å²) in [6.07, 6.45) is 7.40. The third-order valence-corrected chi connectivity index (χ3v) is 7.09. The van der Waals surface area contributed by atoms with Gasteiger partial charge < -0.3 is 19.7 Å². The van der Waals surface area contributed by atoms with Crippen LogP contribution >= 0.6 is 0 Å². The van der Waals surface area contributed by atoms with E-state index in [2.05, 4.69) is 10.2 Å². The molecule has 3 saturated heterocycles.